The second-order valence-corrected chi connectivity index (χ2v) is 6.75. The normalized spacial score (nSPS) is 10.9. The van der Waals surface area contributed by atoms with E-state index in [1.165, 1.54) is 20.1 Å². The standard InChI is InChI=1S/C11H16BrN3O5S.ClH/c1-7-8(12)6-9(11(20-2)10(7)15(16)17)21(18,19)14-5-3-4-13;/h6,14H,3-5,13H2,1-2H3;1H. The molecule has 0 spiro atoms. The number of nitrogens with one attached hydrogen (secondary N) is 1. The SMILES string of the molecule is COc1c(S(=O)(=O)NCCCN)cc(Br)c(C)c1[N+](=O)[O-].Cl. The summed E-state index contributed by atoms with van der Waals surface area (Å²) in [5, 5.41) is 11.2. The molecule has 0 fully saturated rings. The van der Waals surface area contributed by atoms with Crippen molar-refractivity contribution in [3.05, 3.63) is 26.2 Å². The number of nitrogens with zero attached hydrogens (tertiary/aromatic N) is 1. The van der Waals surface area contributed by atoms with Gasteiger partial charge >= 0.3 is 5.69 Å². The number of ether oxygens (including phenoxy) is 1. The Morgan fingerprint density at radius 3 is 2.55 bits per heavy atom. The Hall–Kier alpha value is -0.940. The Balaban J connectivity index is 0.00000441. The lowest BCUT2D eigenvalue weighted by Crippen LogP contribution is -2.27. The summed E-state index contributed by atoms with van der Waals surface area (Å²) in [6.45, 7) is 1.97. The van der Waals surface area contributed by atoms with Crippen molar-refractivity contribution in [2.45, 2.75) is 18.2 Å². The highest BCUT2D eigenvalue weighted by Crippen LogP contribution is 2.40. The van der Waals surface area contributed by atoms with Crippen molar-refractivity contribution < 1.29 is 18.1 Å². The van der Waals surface area contributed by atoms with Crippen LogP contribution in [0.1, 0.15) is 12.0 Å². The molecule has 0 heterocycles. The lowest BCUT2D eigenvalue weighted by atomic mass is 10.2. The first-order valence-electron chi connectivity index (χ1n) is 5.97. The number of sulfonamides is 1. The molecule has 0 saturated heterocycles. The van der Waals surface area contributed by atoms with Gasteiger partial charge in [-0.15, -0.1) is 12.4 Å². The summed E-state index contributed by atoms with van der Waals surface area (Å²) in [4.78, 5) is 10.2. The highest BCUT2D eigenvalue weighted by Gasteiger charge is 2.30. The lowest BCUT2D eigenvalue weighted by molar-refractivity contribution is -0.386. The molecule has 0 aliphatic heterocycles. The number of nitrogens with two attached hydrogens (primary N) is 1. The minimum atomic E-state index is -3.94. The largest absolute Gasteiger partial charge is 0.489 e. The van der Waals surface area contributed by atoms with Crippen LogP contribution in [0.25, 0.3) is 0 Å². The zero-order valence-electron chi connectivity index (χ0n) is 12.0. The van der Waals surface area contributed by atoms with E-state index >= 15 is 0 Å². The predicted molar refractivity (Wildman–Crippen MR) is 88.2 cm³/mol. The van der Waals surface area contributed by atoms with Gasteiger partial charge in [0, 0.05) is 16.6 Å². The highest BCUT2D eigenvalue weighted by atomic mass is 79.9. The molecule has 0 atom stereocenters. The molecule has 0 aliphatic carbocycles. The maximum atomic E-state index is 12.2. The molecule has 0 aromatic heterocycles. The third-order valence-electron chi connectivity index (χ3n) is 2.76. The van der Waals surface area contributed by atoms with Gasteiger partial charge in [-0.2, -0.15) is 0 Å². The van der Waals surface area contributed by atoms with E-state index in [-0.39, 0.29) is 40.8 Å². The predicted octanol–water partition coefficient (Wildman–Crippen LogP) is 1.72. The molecule has 22 heavy (non-hydrogen) atoms. The summed E-state index contributed by atoms with van der Waals surface area (Å²) < 4.78 is 32.1. The fourth-order valence-corrected chi connectivity index (χ4v) is 3.53. The molecular formula is C11H17BrClN3O5S. The van der Waals surface area contributed by atoms with E-state index in [4.69, 9.17) is 10.5 Å². The van der Waals surface area contributed by atoms with Gasteiger partial charge in [-0.25, -0.2) is 13.1 Å². The molecule has 1 aromatic carbocycles. The Labute approximate surface area is 143 Å². The van der Waals surface area contributed by atoms with Crippen LogP contribution in [-0.4, -0.2) is 33.5 Å². The Kier molecular flexibility index (Phi) is 8.26. The molecular weight excluding hydrogens is 402 g/mol. The molecule has 126 valence electrons. The molecule has 0 aliphatic rings. The van der Waals surface area contributed by atoms with E-state index in [1.807, 2.05) is 0 Å². The molecule has 8 nitrogen and oxygen atoms in total. The fraction of sp³-hybridized carbons (Fsp3) is 0.455. The van der Waals surface area contributed by atoms with E-state index < -0.39 is 14.9 Å². The number of methoxy groups -OCH3 is 1. The van der Waals surface area contributed by atoms with E-state index in [2.05, 4.69) is 20.7 Å². The molecule has 3 N–H and O–H groups in total. The molecule has 0 amide bonds. The third-order valence-corrected chi connectivity index (χ3v) is 5.05. The minimum absolute atomic E-state index is 0. The second kappa shape index (κ2) is 8.63. The first-order valence-corrected chi connectivity index (χ1v) is 8.25. The summed E-state index contributed by atoms with van der Waals surface area (Å²) in [5.41, 5.74) is 5.21. The third kappa shape index (κ3) is 4.53. The van der Waals surface area contributed by atoms with Crippen LogP contribution in [0.5, 0.6) is 5.75 Å². The monoisotopic (exact) mass is 417 g/mol. The van der Waals surface area contributed by atoms with Crippen LogP contribution in [0.3, 0.4) is 0 Å². The molecule has 0 unspecified atom stereocenters. The van der Waals surface area contributed by atoms with E-state index in [0.29, 0.717) is 17.4 Å². The quantitative estimate of drug-likeness (QED) is 0.394. The van der Waals surface area contributed by atoms with Gasteiger partial charge < -0.3 is 10.5 Å². The van der Waals surface area contributed by atoms with Gasteiger partial charge in [-0.3, -0.25) is 10.1 Å². The van der Waals surface area contributed by atoms with E-state index in [1.54, 1.807) is 0 Å². The average molecular weight is 419 g/mol. The number of hydrogen-bond donors (Lipinski definition) is 2. The van der Waals surface area contributed by atoms with Gasteiger partial charge in [0.2, 0.25) is 15.8 Å². The number of halogens is 2. The highest BCUT2D eigenvalue weighted by molar-refractivity contribution is 9.10. The number of nitro benzene ring substituents is 1. The van der Waals surface area contributed by atoms with Gasteiger partial charge in [-0.05, 0) is 26.0 Å². The van der Waals surface area contributed by atoms with Crippen LogP contribution < -0.4 is 15.2 Å². The molecule has 11 heteroatoms. The number of rotatable bonds is 7. The fourth-order valence-electron chi connectivity index (χ4n) is 1.69. The van der Waals surface area contributed by atoms with Crippen molar-refractivity contribution in [2.75, 3.05) is 20.2 Å². The van der Waals surface area contributed by atoms with Gasteiger partial charge in [-0.1, -0.05) is 15.9 Å². The van der Waals surface area contributed by atoms with Crippen LogP contribution in [0.2, 0.25) is 0 Å². The maximum Gasteiger partial charge on any atom is 0.316 e. The van der Waals surface area contributed by atoms with Crippen LogP contribution in [-0.2, 0) is 10.0 Å². The van der Waals surface area contributed by atoms with Crippen molar-refractivity contribution in [1.82, 2.24) is 4.72 Å². The van der Waals surface area contributed by atoms with Gasteiger partial charge in [0.05, 0.1) is 12.0 Å². The van der Waals surface area contributed by atoms with Crippen LogP contribution in [0.15, 0.2) is 15.4 Å². The first kappa shape index (κ1) is 21.1. The Bertz CT molecular complexity index is 654. The van der Waals surface area contributed by atoms with Gasteiger partial charge in [0.25, 0.3) is 0 Å². The van der Waals surface area contributed by atoms with Crippen molar-refractivity contribution in [3.63, 3.8) is 0 Å². The summed E-state index contributed by atoms with van der Waals surface area (Å²) in [7, 11) is -2.75. The average Bonchev–Trinajstić information content (AvgIpc) is 2.40. The molecule has 0 bridgehead atoms. The summed E-state index contributed by atoms with van der Waals surface area (Å²) in [6, 6.07) is 1.28. The van der Waals surface area contributed by atoms with Crippen LogP contribution >= 0.6 is 28.3 Å². The molecule has 0 saturated carbocycles. The van der Waals surface area contributed by atoms with Crippen LogP contribution in [0, 0.1) is 17.0 Å². The number of benzene rings is 1. The summed E-state index contributed by atoms with van der Waals surface area (Å²) >= 11 is 3.13. The van der Waals surface area contributed by atoms with E-state index in [0.717, 1.165) is 0 Å². The molecule has 0 radical (unpaired) electrons. The van der Waals surface area contributed by atoms with Crippen LogP contribution in [0.4, 0.5) is 5.69 Å². The van der Waals surface area contributed by atoms with Crippen molar-refractivity contribution in [1.29, 1.82) is 0 Å². The van der Waals surface area contributed by atoms with Crippen molar-refractivity contribution >= 4 is 44.0 Å². The van der Waals surface area contributed by atoms with Crippen molar-refractivity contribution in [2.24, 2.45) is 5.73 Å². The number of hydrogen-bond acceptors (Lipinski definition) is 6. The zero-order chi connectivity index (χ0) is 16.2. The Morgan fingerprint density at radius 1 is 1.50 bits per heavy atom. The second-order valence-electron chi connectivity index (χ2n) is 4.16. The first-order chi connectivity index (χ1) is 9.76. The van der Waals surface area contributed by atoms with Crippen molar-refractivity contribution in [3.8, 4) is 5.75 Å². The summed E-state index contributed by atoms with van der Waals surface area (Å²) in [6.07, 6.45) is 0.455. The zero-order valence-corrected chi connectivity index (χ0v) is 15.2. The minimum Gasteiger partial charge on any atom is -0.489 e. The maximum absolute atomic E-state index is 12.2. The van der Waals surface area contributed by atoms with Gasteiger partial charge in [0.15, 0.2) is 0 Å². The van der Waals surface area contributed by atoms with E-state index in [9.17, 15) is 18.5 Å². The number of nitro groups is 1. The Morgan fingerprint density at radius 2 is 2.09 bits per heavy atom. The summed E-state index contributed by atoms with van der Waals surface area (Å²) in [5.74, 6) is -0.291. The topological polar surface area (TPSA) is 125 Å². The molecule has 1 aromatic rings. The smallest absolute Gasteiger partial charge is 0.316 e. The lowest BCUT2D eigenvalue weighted by Gasteiger charge is -2.13. The van der Waals surface area contributed by atoms with Gasteiger partial charge in [0.1, 0.15) is 4.90 Å². The molecule has 1 rings (SSSR count).